The summed E-state index contributed by atoms with van der Waals surface area (Å²) < 4.78 is 0. The Hall–Kier alpha value is -1.63. The molecule has 0 spiro atoms. The van der Waals surface area contributed by atoms with Gasteiger partial charge in [-0.15, -0.1) is 11.3 Å². The first-order valence-electron chi connectivity index (χ1n) is 6.89. The highest BCUT2D eigenvalue weighted by molar-refractivity contribution is 7.13. The summed E-state index contributed by atoms with van der Waals surface area (Å²) in [7, 11) is 0. The van der Waals surface area contributed by atoms with Crippen molar-refractivity contribution in [1.29, 1.82) is 0 Å². The van der Waals surface area contributed by atoms with Crippen LogP contribution in [0.5, 0.6) is 0 Å². The number of amides is 2. The third kappa shape index (κ3) is 2.63. The first-order valence-corrected chi connectivity index (χ1v) is 7.76. The van der Waals surface area contributed by atoms with Crippen LogP contribution in [-0.2, 0) is 9.59 Å². The van der Waals surface area contributed by atoms with Gasteiger partial charge in [0.25, 0.3) is 0 Å². The van der Waals surface area contributed by atoms with Crippen molar-refractivity contribution in [2.75, 3.05) is 31.1 Å². The van der Waals surface area contributed by atoms with Crippen LogP contribution in [0.25, 0.3) is 0 Å². The zero-order valence-corrected chi connectivity index (χ0v) is 12.3. The number of rotatable bonds is 2. The standard InChI is InChI=1S/C13H18N4O2S/c1-9-8-20-13(14-9)17-6-4-16(5-7-17)12(19)10-2-3-11(18)15-10/h8,10H,2-7H2,1H3,(H,15,18). The number of aromatic nitrogens is 1. The minimum absolute atomic E-state index is 0.0137. The summed E-state index contributed by atoms with van der Waals surface area (Å²) in [5.41, 5.74) is 1.04. The molecule has 6 nitrogen and oxygen atoms in total. The lowest BCUT2D eigenvalue weighted by Crippen LogP contribution is -2.53. The summed E-state index contributed by atoms with van der Waals surface area (Å²) in [6.07, 6.45) is 1.10. The lowest BCUT2D eigenvalue weighted by atomic mass is 10.2. The molecular weight excluding hydrogens is 276 g/mol. The monoisotopic (exact) mass is 294 g/mol. The molecule has 0 aromatic carbocycles. The van der Waals surface area contributed by atoms with E-state index in [1.54, 1.807) is 11.3 Å². The number of hydrogen-bond donors (Lipinski definition) is 1. The number of carbonyl (C=O) groups excluding carboxylic acids is 2. The maximum absolute atomic E-state index is 12.3. The fourth-order valence-corrected chi connectivity index (χ4v) is 3.48. The molecular formula is C13H18N4O2S. The Morgan fingerprint density at radius 3 is 2.70 bits per heavy atom. The third-order valence-electron chi connectivity index (χ3n) is 3.76. The summed E-state index contributed by atoms with van der Waals surface area (Å²) in [6, 6.07) is -0.309. The lowest BCUT2D eigenvalue weighted by molar-refractivity contribution is -0.134. The molecule has 108 valence electrons. The molecule has 3 heterocycles. The Morgan fingerprint density at radius 1 is 1.40 bits per heavy atom. The topological polar surface area (TPSA) is 65.5 Å². The first kappa shape index (κ1) is 13.4. The highest BCUT2D eigenvalue weighted by Gasteiger charge is 2.32. The van der Waals surface area contributed by atoms with E-state index in [1.165, 1.54) is 0 Å². The molecule has 1 N–H and O–H groups in total. The molecule has 3 rings (SSSR count). The number of nitrogens with zero attached hydrogens (tertiary/aromatic N) is 3. The third-order valence-corrected chi connectivity index (χ3v) is 4.78. The quantitative estimate of drug-likeness (QED) is 0.856. The van der Waals surface area contributed by atoms with Crippen molar-refractivity contribution in [3.63, 3.8) is 0 Å². The van der Waals surface area contributed by atoms with Crippen LogP contribution in [0.3, 0.4) is 0 Å². The van der Waals surface area contributed by atoms with Gasteiger partial charge in [0.05, 0.1) is 5.69 Å². The molecule has 0 aliphatic carbocycles. The molecule has 1 aromatic heterocycles. The van der Waals surface area contributed by atoms with Gasteiger partial charge in [-0.05, 0) is 13.3 Å². The molecule has 2 saturated heterocycles. The van der Waals surface area contributed by atoms with Crippen LogP contribution < -0.4 is 10.2 Å². The largest absolute Gasteiger partial charge is 0.345 e. The second-order valence-electron chi connectivity index (χ2n) is 5.24. The van der Waals surface area contributed by atoms with E-state index in [0.717, 1.165) is 23.9 Å². The number of hydrogen-bond acceptors (Lipinski definition) is 5. The molecule has 0 saturated carbocycles. The highest BCUT2D eigenvalue weighted by atomic mass is 32.1. The summed E-state index contributed by atoms with van der Waals surface area (Å²) in [6.45, 7) is 4.99. The molecule has 2 aliphatic rings. The van der Waals surface area contributed by atoms with Crippen molar-refractivity contribution in [3.8, 4) is 0 Å². The van der Waals surface area contributed by atoms with Gasteiger partial charge in [-0.3, -0.25) is 9.59 Å². The minimum Gasteiger partial charge on any atom is -0.345 e. The van der Waals surface area contributed by atoms with E-state index in [2.05, 4.69) is 15.2 Å². The van der Waals surface area contributed by atoms with Crippen LogP contribution in [0.4, 0.5) is 5.13 Å². The summed E-state index contributed by atoms with van der Waals surface area (Å²) >= 11 is 1.65. The van der Waals surface area contributed by atoms with Crippen LogP contribution in [0.2, 0.25) is 0 Å². The van der Waals surface area contributed by atoms with E-state index >= 15 is 0 Å². The van der Waals surface area contributed by atoms with Gasteiger partial charge in [0.1, 0.15) is 6.04 Å². The van der Waals surface area contributed by atoms with Crippen LogP contribution in [0, 0.1) is 6.92 Å². The number of aryl methyl sites for hydroxylation is 1. The number of piperazine rings is 1. The Bertz CT molecular complexity index is 522. The molecule has 7 heteroatoms. The SMILES string of the molecule is Cc1csc(N2CCN(C(=O)C3CCC(=O)N3)CC2)n1. The van der Waals surface area contributed by atoms with E-state index in [4.69, 9.17) is 0 Å². The number of nitrogens with one attached hydrogen (secondary N) is 1. The van der Waals surface area contributed by atoms with Gasteiger partial charge < -0.3 is 15.1 Å². The highest BCUT2D eigenvalue weighted by Crippen LogP contribution is 2.22. The lowest BCUT2D eigenvalue weighted by Gasteiger charge is -2.35. The molecule has 2 fully saturated rings. The van der Waals surface area contributed by atoms with E-state index in [-0.39, 0.29) is 17.9 Å². The van der Waals surface area contributed by atoms with Crippen LogP contribution in [0.15, 0.2) is 5.38 Å². The van der Waals surface area contributed by atoms with Gasteiger partial charge in [0.15, 0.2) is 5.13 Å². The van der Waals surface area contributed by atoms with Crippen molar-refractivity contribution in [2.45, 2.75) is 25.8 Å². The second kappa shape index (κ2) is 5.40. The number of thiazole rings is 1. The van der Waals surface area contributed by atoms with Gasteiger partial charge in [0.2, 0.25) is 11.8 Å². The van der Waals surface area contributed by atoms with Crippen molar-refractivity contribution < 1.29 is 9.59 Å². The average molecular weight is 294 g/mol. The molecule has 2 amide bonds. The van der Waals surface area contributed by atoms with Gasteiger partial charge in [-0.25, -0.2) is 4.98 Å². The molecule has 2 aliphatic heterocycles. The number of carbonyl (C=O) groups is 2. The summed E-state index contributed by atoms with van der Waals surface area (Å²) in [4.78, 5) is 32.0. The molecule has 1 atom stereocenters. The van der Waals surface area contributed by atoms with Crippen LogP contribution in [0.1, 0.15) is 18.5 Å². The molecule has 1 aromatic rings. The Kier molecular flexibility index (Phi) is 3.60. The normalized spacial score (nSPS) is 23.1. The first-order chi connectivity index (χ1) is 9.63. The maximum Gasteiger partial charge on any atom is 0.245 e. The molecule has 0 radical (unpaired) electrons. The fraction of sp³-hybridized carbons (Fsp3) is 0.615. The summed E-state index contributed by atoms with van der Waals surface area (Å²) in [5, 5.41) is 5.82. The zero-order chi connectivity index (χ0) is 14.1. The van der Waals surface area contributed by atoms with Gasteiger partial charge in [-0.1, -0.05) is 0 Å². The minimum atomic E-state index is -0.309. The number of anilines is 1. The van der Waals surface area contributed by atoms with Gasteiger partial charge in [-0.2, -0.15) is 0 Å². The summed E-state index contributed by atoms with van der Waals surface area (Å²) in [5.74, 6) is 0.0473. The van der Waals surface area contributed by atoms with Gasteiger partial charge >= 0.3 is 0 Å². The van der Waals surface area contributed by atoms with Crippen LogP contribution in [-0.4, -0.2) is 53.9 Å². The van der Waals surface area contributed by atoms with E-state index in [9.17, 15) is 9.59 Å². The van der Waals surface area contributed by atoms with Crippen molar-refractivity contribution in [3.05, 3.63) is 11.1 Å². The Morgan fingerprint density at radius 2 is 2.15 bits per heavy atom. The van der Waals surface area contributed by atoms with Gasteiger partial charge in [0, 0.05) is 38.0 Å². The fourth-order valence-electron chi connectivity index (χ4n) is 2.62. The maximum atomic E-state index is 12.3. The molecule has 0 bridgehead atoms. The molecule has 20 heavy (non-hydrogen) atoms. The average Bonchev–Trinajstić information content (AvgIpc) is 3.07. The Balaban J connectivity index is 1.55. The van der Waals surface area contributed by atoms with Crippen molar-refractivity contribution in [1.82, 2.24) is 15.2 Å². The predicted octanol–water partition coefficient (Wildman–Crippen LogP) is 0.379. The van der Waals surface area contributed by atoms with E-state index in [0.29, 0.717) is 25.9 Å². The predicted molar refractivity (Wildman–Crippen MR) is 76.8 cm³/mol. The van der Waals surface area contributed by atoms with E-state index in [1.807, 2.05) is 17.2 Å². The van der Waals surface area contributed by atoms with Crippen LogP contribution >= 0.6 is 11.3 Å². The zero-order valence-electron chi connectivity index (χ0n) is 11.5. The second-order valence-corrected chi connectivity index (χ2v) is 6.08. The van der Waals surface area contributed by atoms with E-state index < -0.39 is 0 Å². The van der Waals surface area contributed by atoms with Crippen molar-refractivity contribution in [2.24, 2.45) is 0 Å². The van der Waals surface area contributed by atoms with Crippen molar-refractivity contribution >= 4 is 28.3 Å². The Labute approximate surface area is 121 Å². The smallest absolute Gasteiger partial charge is 0.245 e. The molecule has 1 unspecified atom stereocenters.